The van der Waals surface area contributed by atoms with Crippen LogP contribution in [0.2, 0.25) is 0 Å². The number of ether oxygens (including phenoxy) is 1. The number of amides is 1. The van der Waals surface area contributed by atoms with Crippen molar-refractivity contribution in [1.29, 1.82) is 0 Å². The molecule has 0 aliphatic rings. The minimum absolute atomic E-state index is 0.201. The second-order valence-electron chi connectivity index (χ2n) is 5.80. The molecule has 1 amide bonds. The fourth-order valence-electron chi connectivity index (χ4n) is 2.24. The van der Waals surface area contributed by atoms with Crippen molar-refractivity contribution >= 4 is 5.91 Å². The first-order chi connectivity index (χ1) is 11.0. The van der Waals surface area contributed by atoms with Gasteiger partial charge >= 0.3 is 0 Å². The Morgan fingerprint density at radius 3 is 2.39 bits per heavy atom. The summed E-state index contributed by atoms with van der Waals surface area (Å²) in [7, 11) is 0. The molecule has 1 atom stereocenters. The highest BCUT2D eigenvalue weighted by atomic mass is 19.1. The molecule has 0 unspecified atom stereocenters. The monoisotopic (exact) mass is 315 g/mol. The SMILES string of the molecule is CC(C)c1ccccc1O[C@@H](C)C(=O)NCc1ccc(F)cc1. The van der Waals surface area contributed by atoms with E-state index in [1.165, 1.54) is 12.1 Å². The molecule has 122 valence electrons. The van der Waals surface area contributed by atoms with E-state index in [1.807, 2.05) is 24.3 Å². The second-order valence-corrected chi connectivity index (χ2v) is 5.80. The first kappa shape index (κ1) is 17.0. The van der Waals surface area contributed by atoms with Gasteiger partial charge in [0.2, 0.25) is 0 Å². The standard InChI is InChI=1S/C19H22FNO2/c1-13(2)17-6-4-5-7-18(17)23-14(3)19(22)21-12-15-8-10-16(20)11-9-15/h4-11,13-14H,12H2,1-3H3,(H,21,22)/t14-/m0/s1. The zero-order valence-corrected chi connectivity index (χ0v) is 13.7. The lowest BCUT2D eigenvalue weighted by Gasteiger charge is -2.18. The molecule has 0 aromatic heterocycles. The van der Waals surface area contributed by atoms with Gasteiger partial charge in [0, 0.05) is 6.54 Å². The highest BCUT2D eigenvalue weighted by molar-refractivity contribution is 5.80. The van der Waals surface area contributed by atoms with Crippen molar-refractivity contribution in [3.8, 4) is 5.75 Å². The van der Waals surface area contributed by atoms with Gasteiger partial charge < -0.3 is 10.1 Å². The van der Waals surface area contributed by atoms with E-state index in [-0.39, 0.29) is 11.7 Å². The Morgan fingerprint density at radius 1 is 1.09 bits per heavy atom. The number of halogens is 1. The number of benzene rings is 2. The number of para-hydroxylation sites is 1. The third kappa shape index (κ3) is 4.81. The van der Waals surface area contributed by atoms with Crippen LogP contribution in [-0.2, 0) is 11.3 Å². The largest absolute Gasteiger partial charge is 0.481 e. The summed E-state index contributed by atoms with van der Waals surface area (Å²) in [6, 6.07) is 13.8. The highest BCUT2D eigenvalue weighted by Gasteiger charge is 2.16. The topological polar surface area (TPSA) is 38.3 Å². The quantitative estimate of drug-likeness (QED) is 0.874. The van der Waals surface area contributed by atoms with Crippen LogP contribution in [0.3, 0.4) is 0 Å². The van der Waals surface area contributed by atoms with Crippen LogP contribution in [0, 0.1) is 5.82 Å². The van der Waals surface area contributed by atoms with Gasteiger partial charge in [-0.2, -0.15) is 0 Å². The van der Waals surface area contributed by atoms with E-state index in [9.17, 15) is 9.18 Å². The Morgan fingerprint density at radius 2 is 1.74 bits per heavy atom. The van der Waals surface area contributed by atoms with Gasteiger partial charge in [-0.1, -0.05) is 44.2 Å². The van der Waals surface area contributed by atoms with Crippen molar-refractivity contribution in [1.82, 2.24) is 5.32 Å². The fourth-order valence-corrected chi connectivity index (χ4v) is 2.24. The molecule has 2 rings (SSSR count). The molecule has 0 aliphatic carbocycles. The Bertz CT molecular complexity index is 653. The van der Waals surface area contributed by atoms with Gasteiger partial charge in [0.25, 0.3) is 5.91 Å². The van der Waals surface area contributed by atoms with E-state index in [0.717, 1.165) is 16.9 Å². The molecule has 0 aliphatic heterocycles. The van der Waals surface area contributed by atoms with Crippen LogP contribution >= 0.6 is 0 Å². The molecule has 0 spiro atoms. The van der Waals surface area contributed by atoms with E-state index in [2.05, 4.69) is 19.2 Å². The summed E-state index contributed by atoms with van der Waals surface area (Å²) in [6.07, 6.45) is -0.602. The molecule has 2 aromatic rings. The van der Waals surface area contributed by atoms with Gasteiger partial charge in [0.05, 0.1) is 0 Å². The summed E-state index contributed by atoms with van der Waals surface area (Å²) >= 11 is 0. The zero-order valence-electron chi connectivity index (χ0n) is 13.7. The average molecular weight is 315 g/mol. The third-order valence-electron chi connectivity index (χ3n) is 3.59. The Labute approximate surface area is 136 Å². The van der Waals surface area contributed by atoms with Crippen LogP contribution in [0.25, 0.3) is 0 Å². The number of hydrogen-bond donors (Lipinski definition) is 1. The van der Waals surface area contributed by atoms with Crippen LogP contribution in [0.1, 0.15) is 37.8 Å². The Balaban J connectivity index is 1.94. The molecule has 0 saturated heterocycles. The maximum Gasteiger partial charge on any atom is 0.261 e. The molecule has 0 heterocycles. The number of rotatable bonds is 6. The van der Waals surface area contributed by atoms with Crippen molar-refractivity contribution in [3.05, 3.63) is 65.5 Å². The number of nitrogens with one attached hydrogen (secondary N) is 1. The lowest BCUT2D eigenvalue weighted by molar-refractivity contribution is -0.127. The molecule has 0 fully saturated rings. The van der Waals surface area contributed by atoms with Gasteiger partial charge in [0.1, 0.15) is 11.6 Å². The number of carbonyl (C=O) groups is 1. The number of carbonyl (C=O) groups excluding carboxylic acids is 1. The molecular formula is C19H22FNO2. The zero-order chi connectivity index (χ0) is 16.8. The summed E-state index contributed by atoms with van der Waals surface area (Å²) in [5.41, 5.74) is 1.92. The molecule has 4 heteroatoms. The van der Waals surface area contributed by atoms with Crippen LogP contribution in [-0.4, -0.2) is 12.0 Å². The van der Waals surface area contributed by atoms with Crippen LogP contribution in [0.4, 0.5) is 4.39 Å². The third-order valence-corrected chi connectivity index (χ3v) is 3.59. The van der Waals surface area contributed by atoms with Crippen LogP contribution in [0.15, 0.2) is 48.5 Å². The molecule has 2 aromatic carbocycles. The molecule has 3 nitrogen and oxygen atoms in total. The molecular weight excluding hydrogens is 293 g/mol. The predicted octanol–water partition coefficient (Wildman–Crippen LogP) is 4.03. The van der Waals surface area contributed by atoms with Gasteiger partial charge in [-0.25, -0.2) is 4.39 Å². The van der Waals surface area contributed by atoms with Crippen molar-refractivity contribution in [3.63, 3.8) is 0 Å². The van der Waals surface area contributed by atoms with Gasteiger partial charge in [0.15, 0.2) is 6.10 Å². The molecule has 1 N–H and O–H groups in total. The fraction of sp³-hybridized carbons (Fsp3) is 0.316. The van der Waals surface area contributed by atoms with E-state index in [1.54, 1.807) is 19.1 Å². The van der Waals surface area contributed by atoms with E-state index in [0.29, 0.717) is 12.5 Å². The predicted molar refractivity (Wildman–Crippen MR) is 88.9 cm³/mol. The summed E-state index contributed by atoms with van der Waals surface area (Å²) in [5, 5.41) is 2.80. The summed E-state index contributed by atoms with van der Waals surface area (Å²) in [6.45, 7) is 6.23. The van der Waals surface area contributed by atoms with Crippen LogP contribution < -0.4 is 10.1 Å². The Kier molecular flexibility index (Phi) is 5.74. The molecule has 0 saturated carbocycles. The average Bonchev–Trinajstić information content (AvgIpc) is 2.54. The van der Waals surface area contributed by atoms with E-state index >= 15 is 0 Å². The normalized spacial score (nSPS) is 12.0. The van der Waals surface area contributed by atoms with Crippen molar-refractivity contribution in [2.45, 2.75) is 39.3 Å². The molecule has 0 radical (unpaired) electrons. The first-order valence-corrected chi connectivity index (χ1v) is 7.75. The Hall–Kier alpha value is -2.36. The van der Waals surface area contributed by atoms with Gasteiger partial charge in [-0.15, -0.1) is 0 Å². The van der Waals surface area contributed by atoms with Gasteiger partial charge in [-0.05, 0) is 42.2 Å². The maximum absolute atomic E-state index is 12.9. The first-order valence-electron chi connectivity index (χ1n) is 7.75. The summed E-state index contributed by atoms with van der Waals surface area (Å²) in [4.78, 5) is 12.2. The van der Waals surface area contributed by atoms with Crippen molar-refractivity contribution in [2.24, 2.45) is 0 Å². The van der Waals surface area contributed by atoms with Gasteiger partial charge in [-0.3, -0.25) is 4.79 Å². The highest BCUT2D eigenvalue weighted by Crippen LogP contribution is 2.26. The summed E-state index contributed by atoms with van der Waals surface area (Å²) in [5.74, 6) is 0.558. The smallest absolute Gasteiger partial charge is 0.261 e. The minimum atomic E-state index is -0.602. The maximum atomic E-state index is 12.9. The minimum Gasteiger partial charge on any atom is -0.481 e. The van der Waals surface area contributed by atoms with Crippen LogP contribution in [0.5, 0.6) is 5.75 Å². The lowest BCUT2D eigenvalue weighted by atomic mass is 10.0. The van der Waals surface area contributed by atoms with Crippen molar-refractivity contribution < 1.29 is 13.9 Å². The molecule has 23 heavy (non-hydrogen) atoms. The molecule has 0 bridgehead atoms. The van der Waals surface area contributed by atoms with E-state index in [4.69, 9.17) is 4.74 Å². The summed E-state index contributed by atoms with van der Waals surface area (Å²) < 4.78 is 18.7. The lowest BCUT2D eigenvalue weighted by Crippen LogP contribution is -2.36. The van der Waals surface area contributed by atoms with Crippen molar-refractivity contribution in [2.75, 3.05) is 0 Å². The van der Waals surface area contributed by atoms with E-state index < -0.39 is 6.10 Å². The second kappa shape index (κ2) is 7.77. The number of hydrogen-bond acceptors (Lipinski definition) is 2.